The quantitative estimate of drug-likeness (QED) is 0.388. The van der Waals surface area contributed by atoms with Crippen molar-refractivity contribution in [2.45, 2.75) is 31.9 Å². The van der Waals surface area contributed by atoms with Crippen LogP contribution in [0.2, 0.25) is 0 Å². The summed E-state index contributed by atoms with van der Waals surface area (Å²) in [5.41, 5.74) is 0.429. The molecule has 0 radical (unpaired) electrons. The van der Waals surface area contributed by atoms with E-state index in [0.29, 0.717) is 54.5 Å². The number of ether oxygens (including phenoxy) is 1. The lowest BCUT2D eigenvalue weighted by molar-refractivity contribution is 0.0443. The zero-order valence-electron chi connectivity index (χ0n) is 21.3. The van der Waals surface area contributed by atoms with Crippen molar-refractivity contribution in [3.63, 3.8) is 0 Å². The molecule has 0 amide bonds. The minimum atomic E-state index is -1.10. The molecule has 0 fully saturated rings. The molecule has 10 nitrogen and oxygen atoms in total. The first-order valence-electron chi connectivity index (χ1n) is 12.3. The van der Waals surface area contributed by atoms with Crippen LogP contribution in [0.15, 0.2) is 65.6 Å². The summed E-state index contributed by atoms with van der Waals surface area (Å²) in [4.78, 5) is 29.2. The molecule has 10 heteroatoms. The third-order valence-corrected chi connectivity index (χ3v) is 6.32. The number of allylic oxidation sites excluding steroid dienone is 2. The standard InChI is InChI=1S/C27H31N7O3/c1-27(36)13-5-4-6-14-33-25(35)21-18-28-26(31-24(21)34(33)23-12-8-11-22(27)30-23)29-19-9-7-10-20(17-19)37-16-15-32(2)3/h4,6-12,17-18,36H,5,13-16H2,1-3H3,(H,28,29,31)/b6-4-. The highest BCUT2D eigenvalue weighted by Crippen LogP contribution is 2.27. The summed E-state index contributed by atoms with van der Waals surface area (Å²) < 4.78 is 9.12. The molecule has 0 aliphatic carbocycles. The zero-order chi connectivity index (χ0) is 26.0. The maximum atomic E-state index is 13.3. The second-order valence-electron chi connectivity index (χ2n) is 9.60. The number of fused-ring (bicyclic) bond motifs is 6. The third kappa shape index (κ3) is 5.25. The largest absolute Gasteiger partial charge is 0.492 e. The highest BCUT2D eigenvalue weighted by molar-refractivity contribution is 5.77. The maximum Gasteiger partial charge on any atom is 0.278 e. The summed E-state index contributed by atoms with van der Waals surface area (Å²) in [6, 6.07) is 13.0. The molecule has 0 saturated carbocycles. The first kappa shape index (κ1) is 24.7. The van der Waals surface area contributed by atoms with E-state index in [-0.39, 0.29) is 5.56 Å². The molecule has 5 rings (SSSR count). The molecule has 2 bridgehead atoms. The van der Waals surface area contributed by atoms with Gasteiger partial charge in [-0.3, -0.25) is 4.79 Å². The fraction of sp³-hybridized carbons (Fsp3) is 0.333. The summed E-state index contributed by atoms with van der Waals surface area (Å²) in [5, 5.41) is 14.6. The van der Waals surface area contributed by atoms with Gasteiger partial charge in [0, 0.05) is 24.5 Å². The Bertz CT molecular complexity index is 1500. The molecule has 2 N–H and O–H groups in total. The van der Waals surface area contributed by atoms with Crippen LogP contribution in [-0.4, -0.2) is 61.6 Å². The number of hydrogen-bond acceptors (Lipinski definition) is 8. The summed E-state index contributed by atoms with van der Waals surface area (Å²) >= 11 is 0. The van der Waals surface area contributed by atoms with E-state index in [9.17, 15) is 9.90 Å². The van der Waals surface area contributed by atoms with Crippen molar-refractivity contribution >= 4 is 22.7 Å². The number of nitrogens with one attached hydrogen (secondary N) is 1. The van der Waals surface area contributed by atoms with Crippen molar-refractivity contribution in [1.29, 1.82) is 0 Å². The average molecular weight is 502 g/mol. The minimum absolute atomic E-state index is 0.208. The van der Waals surface area contributed by atoms with Gasteiger partial charge in [-0.25, -0.2) is 19.3 Å². The van der Waals surface area contributed by atoms with Crippen molar-refractivity contribution in [2.24, 2.45) is 0 Å². The lowest BCUT2D eigenvalue weighted by atomic mass is 9.95. The summed E-state index contributed by atoms with van der Waals surface area (Å²) in [6.07, 6.45) is 6.63. The Kier molecular flexibility index (Phi) is 6.77. The van der Waals surface area contributed by atoms with Gasteiger partial charge in [-0.2, -0.15) is 4.98 Å². The Morgan fingerprint density at radius 3 is 2.84 bits per heavy atom. The van der Waals surface area contributed by atoms with E-state index in [4.69, 9.17) is 14.7 Å². The summed E-state index contributed by atoms with van der Waals surface area (Å²) in [5.74, 6) is 1.58. The van der Waals surface area contributed by atoms with Gasteiger partial charge in [-0.05, 0) is 58.1 Å². The number of aliphatic hydroxyl groups is 1. The number of hydrogen-bond donors (Lipinski definition) is 2. The van der Waals surface area contributed by atoms with E-state index in [1.165, 1.54) is 6.20 Å². The van der Waals surface area contributed by atoms with E-state index in [2.05, 4.69) is 15.2 Å². The van der Waals surface area contributed by atoms with Crippen molar-refractivity contribution in [1.82, 2.24) is 29.2 Å². The third-order valence-electron chi connectivity index (χ3n) is 6.32. The zero-order valence-corrected chi connectivity index (χ0v) is 21.3. The Morgan fingerprint density at radius 2 is 2.00 bits per heavy atom. The predicted octanol–water partition coefficient (Wildman–Crippen LogP) is 3.22. The number of rotatable bonds is 6. The van der Waals surface area contributed by atoms with Gasteiger partial charge < -0.3 is 20.1 Å². The van der Waals surface area contributed by atoms with Crippen LogP contribution in [0.3, 0.4) is 0 Å². The van der Waals surface area contributed by atoms with Crippen LogP contribution < -0.4 is 15.6 Å². The van der Waals surface area contributed by atoms with Gasteiger partial charge in [0.25, 0.3) is 5.56 Å². The molecule has 1 aliphatic rings. The fourth-order valence-corrected chi connectivity index (χ4v) is 4.25. The first-order valence-corrected chi connectivity index (χ1v) is 12.3. The predicted molar refractivity (Wildman–Crippen MR) is 143 cm³/mol. The Morgan fingerprint density at radius 1 is 1.16 bits per heavy atom. The van der Waals surface area contributed by atoms with Crippen molar-refractivity contribution in [3.05, 3.63) is 76.9 Å². The Labute approximate surface area is 214 Å². The molecule has 1 atom stereocenters. The van der Waals surface area contributed by atoms with Gasteiger partial charge in [-0.15, -0.1) is 0 Å². The molecular formula is C27H31N7O3. The molecule has 4 heterocycles. The van der Waals surface area contributed by atoms with E-state index in [1.54, 1.807) is 28.4 Å². The monoisotopic (exact) mass is 501 g/mol. The van der Waals surface area contributed by atoms with Gasteiger partial charge in [0.2, 0.25) is 5.95 Å². The first-order chi connectivity index (χ1) is 17.8. The van der Waals surface area contributed by atoms with Crippen LogP contribution in [0, 0.1) is 0 Å². The SMILES string of the molecule is CN(C)CCOc1cccc(Nc2ncc3c(=O)n4n(c3n2)-c2cccc(n2)C(C)(O)CC/C=C\C4)c1. The topological polar surface area (TPSA) is 110 Å². The number of anilines is 2. The molecule has 0 saturated heterocycles. The molecule has 0 spiro atoms. The average Bonchev–Trinajstić information content (AvgIpc) is 3.13. The van der Waals surface area contributed by atoms with E-state index in [1.807, 2.05) is 56.6 Å². The lowest BCUT2D eigenvalue weighted by Crippen LogP contribution is -2.24. The highest BCUT2D eigenvalue weighted by Gasteiger charge is 2.26. The second-order valence-corrected chi connectivity index (χ2v) is 9.60. The van der Waals surface area contributed by atoms with Gasteiger partial charge in [0.05, 0.1) is 12.2 Å². The second kappa shape index (κ2) is 10.2. The maximum absolute atomic E-state index is 13.3. The van der Waals surface area contributed by atoms with Crippen LogP contribution in [0.4, 0.5) is 11.6 Å². The smallest absolute Gasteiger partial charge is 0.278 e. The van der Waals surface area contributed by atoms with Crippen LogP contribution in [0.1, 0.15) is 25.5 Å². The Balaban J connectivity index is 1.54. The van der Waals surface area contributed by atoms with Gasteiger partial charge in [-0.1, -0.05) is 24.3 Å². The number of aromatic nitrogens is 5. The number of benzene rings is 1. The van der Waals surface area contributed by atoms with E-state index in [0.717, 1.165) is 18.0 Å². The van der Waals surface area contributed by atoms with Crippen LogP contribution in [-0.2, 0) is 12.1 Å². The highest BCUT2D eigenvalue weighted by atomic mass is 16.5. The molecule has 1 aliphatic heterocycles. The number of nitrogens with zero attached hydrogens (tertiary/aromatic N) is 6. The van der Waals surface area contributed by atoms with Gasteiger partial charge in [0.15, 0.2) is 11.5 Å². The van der Waals surface area contributed by atoms with Gasteiger partial charge >= 0.3 is 0 Å². The van der Waals surface area contributed by atoms with Crippen molar-refractivity contribution in [3.8, 4) is 11.6 Å². The number of pyridine rings is 1. The normalized spacial score (nSPS) is 18.3. The van der Waals surface area contributed by atoms with Crippen LogP contribution in [0.25, 0.3) is 16.9 Å². The van der Waals surface area contributed by atoms with Crippen molar-refractivity contribution < 1.29 is 9.84 Å². The summed E-state index contributed by atoms with van der Waals surface area (Å²) in [6.45, 7) is 3.49. The molecular weight excluding hydrogens is 470 g/mol. The molecule has 37 heavy (non-hydrogen) atoms. The van der Waals surface area contributed by atoms with Crippen molar-refractivity contribution in [2.75, 3.05) is 32.6 Å². The van der Waals surface area contributed by atoms with Crippen LogP contribution in [0.5, 0.6) is 5.75 Å². The molecule has 3 aromatic heterocycles. The van der Waals surface area contributed by atoms with Gasteiger partial charge in [0.1, 0.15) is 23.3 Å². The Hall–Kier alpha value is -4.02. The molecule has 1 aromatic carbocycles. The van der Waals surface area contributed by atoms with E-state index >= 15 is 0 Å². The lowest BCUT2D eigenvalue weighted by Gasteiger charge is -2.22. The number of likely N-dealkylation sites (N-methyl/N-ethyl adjacent to an activating group) is 1. The molecule has 192 valence electrons. The fourth-order valence-electron chi connectivity index (χ4n) is 4.25. The minimum Gasteiger partial charge on any atom is -0.492 e. The summed E-state index contributed by atoms with van der Waals surface area (Å²) in [7, 11) is 4.00. The van der Waals surface area contributed by atoms with Crippen LogP contribution >= 0.6 is 0 Å². The molecule has 1 unspecified atom stereocenters. The molecule has 4 aromatic rings. The van der Waals surface area contributed by atoms with E-state index < -0.39 is 5.60 Å².